The van der Waals surface area contributed by atoms with Gasteiger partial charge in [-0.1, -0.05) is 17.4 Å². The van der Waals surface area contributed by atoms with Gasteiger partial charge in [-0.25, -0.2) is 9.78 Å². The minimum atomic E-state index is -1.16. The predicted molar refractivity (Wildman–Crippen MR) is 72.0 cm³/mol. The second kappa shape index (κ2) is 5.15. The van der Waals surface area contributed by atoms with E-state index in [1.54, 1.807) is 18.2 Å². The van der Waals surface area contributed by atoms with E-state index in [2.05, 4.69) is 4.98 Å². The number of aromatic nitrogens is 1. The number of anilines is 1. The fourth-order valence-electron chi connectivity index (χ4n) is 1.65. The monoisotopic (exact) mass is 280 g/mol. The summed E-state index contributed by atoms with van der Waals surface area (Å²) >= 11 is 1.08. The van der Waals surface area contributed by atoms with Crippen LogP contribution < -0.4 is 15.2 Å². The molecular weight excluding hydrogens is 268 g/mol. The lowest BCUT2D eigenvalue weighted by molar-refractivity contribution is 0.0692. The molecule has 0 spiro atoms. The van der Waals surface area contributed by atoms with E-state index in [4.69, 9.17) is 20.3 Å². The molecule has 19 heavy (non-hydrogen) atoms. The molecule has 1 heterocycles. The minimum absolute atomic E-state index is 0.149. The highest BCUT2D eigenvalue weighted by molar-refractivity contribution is 7.19. The largest absolute Gasteiger partial charge is 0.496 e. The highest BCUT2D eigenvalue weighted by Gasteiger charge is 2.21. The molecule has 3 N–H and O–H groups in total. The normalized spacial score (nSPS) is 10.2. The summed E-state index contributed by atoms with van der Waals surface area (Å²) in [6, 6.07) is 5.27. The summed E-state index contributed by atoms with van der Waals surface area (Å²) in [7, 11) is 3.04. The third-order valence-electron chi connectivity index (χ3n) is 2.50. The van der Waals surface area contributed by atoms with Gasteiger partial charge in [-0.3, -0.25) is 0 Å². The molecule has 0 aliphatic carbocycles. The Morgan fingerprint density at radius 3 is 2.32 bits per heavy atom. The number of thiazole rings is 1. The molecule has 1 aromatic heterocycles. The lowest BCUT2D eigenvalue weighted by Crippen LogP contribution is -2.00. The first-order chi connectivity index (χ1) is 9.08. The Labute approximate surface area is 113 Å². The number of nitrogens with zero attached hydrogens (tertiary/aromatic N) is 1. The fraction of sp³-hybridized carbons (Fsp3) is 0.167. The lowest BCUT2D eigenvalue weighted by atomic mass is 10.2. The third-order valence-corrected chi connectivity index (χ3v) is 3.40. The molecular formula is C12H12N2O4S. The van der Waals surface area contributed by atoms with Crippen molar-refractivity contribution in [1.29, 1.82) is 0 Å². The van der Waals surface area contributed by atoms with Crippen LogP contribution in [0.2, 0.25) is 0 Å². The van der Waals surface area contributed by atoms with Gasteiger partial charge in [-0.15, -0.1) is 0 Å². The number of hydrogen-bond donors (Lipinski definition) is 2. The average Bonchev–Trinajstić information content (AvgIpc) is 2.79. The van der Waals surface area contributed by atoms with Crippen molar-refractivity contribution < 1.29 is 19.4 Å². The van der Waals surface area contributed by atoms with Gasteiger partial charge in [0.2, 0.25) is 0 Å². The van der Waals surface area contributed by atoms with E-state index in [9.17, 15) is 4.79 Å². The third kappa shape index (κ3) is 2.32. The number of hydrogen-bond acceptors (Lipinski definition) is 6. The highest BCUT2D eigenvalue weighted by Crippen LogP contribution is 2.41. The first-order valence-corrected chi connectivity index (χ1v) is 6.11. The van der Waals surface area contributed by atoms with E-state index in [1.807, 2.05) is 0 Å². The molecule has 7 heteroatoms. The van der Waals surface area contributed by atoms with Crippen molar-refractivity contribution in [3.63, 3.8) is 0 Å². The zero-order valence-electron chi connectivity index (χ0n) is 10.3. The molecule has 100 valence electrons. The maximum absolute atomic E-state index is 11.0. The topological polar surface area (TPSA) is 94.7 Å². The number of benzene rings is 1. The first kappa shape index (κ1) is 13.2. The van der Waals surface area contributed by atoms with Crippen molar-refractivity contribution in [2.75, 3.05) is 20.0 Å². The van der Waals surface area contributed by atoms with Crippen molar-refractivity contribution in [2.45, 2.75) is 0 Å². The van der Waals surface area contributed by atoms with Crippen LogP contribution in [-0.2, 0) is 0 Å². The Bertz CT molecular complexity index is 602. The predicted octanol–water partition coefficient (Wildman–Crippen LogP) is 2.11. The number of aromatic carboxylic acids is 1. The van der Waals surface area contributed by atoms with Gasteiger partial charge in [0.15, 0.2) is 5.69 Å². The van der Waals surface area contributed by atoms with Crippen LogP contribution >= 0.6 is 11.3 Å². The second-order valence-electron chi connectivity index (χ2n) is 3.57. The number of carboxylic acids is 1. The second-order valence-corrected chi connectivity index (χ2v) is 4.61. The lowest BCUT2D eigenvalue weighted by Gasteiger charge is -2.10. The van der Waals surface area contributed by atoms with Crippen LogP contribution in [-0.4, -0.2) is 30.3 Å². The Balaban J connectivity index is 2.64. The summed E-state index contributed by atoms with van der Waals surface area (Å²) in [5, 5.41) is 9.58. The molecule has 0 aliphatic heterocycles. The van der Waals surface area contributed by atoms with Crippen LogP contribution in [0, 0.1) is 0 Å². The number of carboxylic acid groups (broad SMARTS) is 1. The minimum Gasteiger partial charge on any atom is -0.496 e. The Kier molecular flexibility index (Phi) is 3.57. The zero-order valence-corrected chi connectivity index (χ0v) is 11.2. The standard InChI is InChI=1S/C12H12N2O4S/c1-17-6-4-3-5-7(18-2)8(6)11-14-9(12(15)16)10(13)19-11/h3-5H,13H2,1-2H3,(H,15,16). The molecule has 0 radical (unpaired) electrons. The quantitative estimate of drug-likeness (QED) is 0.890. The molecule has 0 saturated carbocycles. The van der Waals surface area contributed by atoms with Gasteiger partial charge in [-0.2, -0.15) is 0 Å². The van der Waals surface area contributed by atoms with Crippen molar-refractivity contribution in [1.82, 2.24) is 4.98 Å². The van der Waals surface area contributed by atoms with Gasteiger partial charge in [0.25, 0.3) is 0 Å². The van der Waals surface area contributed by atoms with Crippen LogP contribution in [0.1, 0.15) is 10.5 Å². The van der Waals surface area contributed by atoms with E-state index in [1.165, 1.54) is 14.2 Å². The first-order valence-electron chi connectivity index (χ1n) is 5.29. The van der Waals surface area contributed by atoms with E-state index in [-0.39, 0.29) is 10.7 Å². The molecule has 0 amide bonds. The van der Waals surface area contributed by atoms with E-state index >= 15 is 0 Å². The summed E-state index contributed by atoms with van der Waals surface area (Å²) in [5.74, 6) is -0.0658. The molecule has 2 aromatic rings. The summed E-state index contributed by atoms with van der Waals surface area (Å²) in [6.07, 6.45) is 0. The number of nitrogens with two attached hydrogens (primary N) is 1. The zero-order chi connectivity index (χ0) is 14.0. The molecule has 0 fully saturated rings. The number of carbonyl (C=O) groups is 1. The number of methoxy groups -OCH3 is 2. The van der Waals surface area contributed by atoms with Gasteiger partial charge in [0.1, 0.15) is 21.5 Å². The summed E-state index contributed by atoms with van der Waals surface area (Å²) in [5.41, 5.74) is 6.09. The van der Waals surface area contributed by atoms with Gasteiger partial charge >= 0.3 is 5.97 Å². The summed E-state index contributed by atoms with van der Waals surface area (Å²) in [6.45, 7) is 0. The SMILES string of the molecule is COc1cccc(OC)c1-c1nc(C(=O)O)c(N)s1. The van der Waals surface area contributed by atoms with Crippen LogP contribution in [0.15, 0.2) is 18.2 Å². The molecule has 0 bridgehead atoms. The average molecular weight is 280 g/mol. The van der Waals surface area contributed by atoms with Gasteiger partial charge in [0, 0.05) is 0 Å². The number of ether oxygens (including phenoxy) is 2. The number of rotatable bonds is 4. The summed E-state index contributed by atoms with van der Waals surface area (Å²) in [4.78, 5) is 15.0. The molecule has 0 unspecified atom stereocenters. The van der Waals surface area contributed by atoms with Crippen molar-refractivity contribution in [3.05, 3.63) is 23.9 Å². The van der Waals surface area contributed by atoms with Gasteiger partial charge in [0.05, 0.1) is 19.8 Å². The van der Waals surface area contributed by atoms with Crippen LogP contribution in [0.25, 0.3) is 10.6 Å². The number of nitrogen functional groups attached to an aromatic ring is 1. The Morgan fingerprint density at radius 2 is 1.89 bits per heavy atom. The smallest absolute Gasteiger partial charge is 0.357 e. The maximum Gasteiger partial charge on any atom is 0.357 e. The molecule has 6 nitrogen and oxygen atoms in total. The van der Waals surface area contributed by atoms with Crippen LogP contribution in [0.3, 0.4) is 0 Å². The van der Waals surface area contributed by atoms with Gasteiger partial charge < -0.3 is 20.3 Å². The Hall–Kier alpha value is -2.28. The van der Waals surface area contributed by atoms with Gasteiger partial charge in [-0.05, 0) is 12.1 Å². The van der Waals surface area contributed by atoms with Crippen LogP contribution in [0.5, 0.6) is 11.5 Å². The molecule has 0 atom stereocenters. The molecule has 0 aliphatic rings. The van der Waals surface area contributed by atoms with Crippen LogP contribution in [0.4, 0.5) is 5.00 Å². The highest BCUT2D eigenvalue weighted by atomic mass is 32.1. The maximum atomic E-state index is 11.0. The summed E-state index contributed by atoms with van der Waals surface area (Å²) < 4.78 is 10.5. The molecule has 0 saturated heterocycles. The van der Waals surface area contributed by atoms with Crippen molar-refractivity contribution in [2.24, 2.45) is 0 Å². The fourth-order valence-corrected chi connectivity index (χ4v) is 2.53. The molecule has 2 rings (SSSR count). The van der Waals surface area contributed by atoms with Crippen molar-refractivity contribution in [3.8, 4) is 22.1 Å². The van der Waals surface area contributed by atoms with E-state index in [0.29, 0.717) is 22.1 Å². The van der Waals surface area contributed by atoms with E-state index in [0.717, 1.165) is 11.3 Å². The Morgan fingerprint density at radius 1 is 1.32 bits per heavy atom. The van der Waals surface area contributed by atoms with Crippen molar-refractivity contribution >= 4 is 22.3 Å². The molecule has 1 aromatic carbocycles. The van der Waals surface area contributed by atoms with E-state index < -0.39 is 5.97 Å².